The van der Waals surface area contributed by atoms with Crippen molar-refractivity contribution in [3.63, 3.8) is 0 Å². The molecule has 0 saturated heterocycles. The number of rotatable bonds is 3. The summed E-state index contributed by atoms with van der Waals surface area (Å²) in [6, 6.07) is 4.40. The Balaban J connectivity index is 2.16. The molecule has 1 aliphatic rings. The van der Waals surface area contributed by atoms with Gasteiger partial charge in [-0.2, -0.15) is 0 Å². The minimum Gasteiger partial charge on any atom is -0.326 e. The van der Waals surface area contributed by atoms with Gasteiger partial charge in [-0.3, -0.25) is 0 Å². The van der Waals surface area contributed by atoms with Gasteiger partial charge in [0.05, 0.1) is 4.90 Å². The standard InChI is InChI=1S/C11H15FN2O2S/c12-8-4-6-9(7-5-8)17(15,16)14-11-3-1-2-10(11)13/h4-7,10-11,14H,1-3,13H2. The van der Waals surface area contributed by atoms with E-state index in [1.807, 2.05) is 0 Å². The summed E-state index contributed by atoms with van der Waals surface area (Å²) in [5.74, 6) is -0.457. The van der Waals surface area contributed by atoms with Crippen LogP contribution in [0.3, 0.4) is 0 Å². The van der Waals surface area contributed by atoms with E-state index in [0.29, 0.717) is 0 Å². The van der Waals surface area contributed by atoms with Crippen LogP contribution >= 0.6 is 0 Å². The van der Waals surface area contributed by atoms with Crippen molar-refractivity contribution in [3.05, 3.63) is 30.1 Å². The van der Waals surface area contributed by atoms with Gasteiger partial charge in [-0.15, -0.1) is 0 Å². The molecule has 0 aliphatic heterocycles. The van der Waals surface area contributed by atoms with E-state index in [0.717, 1.165) is 31.4 Å². The summed E-state index contributed by atoms with van der Waals surface area (Å²) in [5, 5.41) is 0. The Bertz CT molecular complexity index is 487. The number of halogens is 1. The van der Waals surface area contributed by atoms with Crippen molar-refractivity contribution in [2.24, 2.45) is 5.73 Å². The minimum atomic E-state index is -3.59. The number of hydrogen-bond donors (Lipinski definition) is 2. The van der Waals surface area contributed by atoms with E-state index < -0.39 is 15.8 Å². The summed E-state index contributed by atoms with van der Waals surface area (Å²) in [4.78, 5) is 0.0676. The van der Waals surface area contributed by atoms with Crippen LogP contribution in [-0.4, -0.2) is 20.5 Å². The first kappa shape index (κ1) is 12.5. The predicted molar refractivity (Wildman–Crippen MR) is 62.3 cm³/mol. The molecule has 1 aliphatic carbocycles. The first-order valence-corrected chi connectivity index (χ1v) is 7.01. The van der Waals surface area contributed by atoms with E-state index in [1.54, 1.807) is 0 Å². The summed E-state index contributed by atoms with van der Waals surface area (Å²) in [6.07, 6.45) is 2.51. The van der Waals surface area contributed by atoms with Gasteiger partial charge in [-0.25, -0.2) is 17.5 Å². The smallest absolute Gasteiger partial charge is 0.240 e. The predicted octanol–water partition coefficient (Wildman–Crippen LogP) is 0.984. The molecule has 94 valence electrons. The average molecular weight is 258 g/mol. The fourth-order valence-corrected chi connectivity index (χ4v) is 3.34. The molecule has 2 atom stereocenters. The second kappa shape index (κ2) is 4.72. The topological polar surface area (TPSA) is 72.2 Å². The van der Waals surface area contributed by atoms with Gasteiger partial charge in [-0.05, 0) is 37.1 Å². The lowest BCUT2D eigenvalue weighted by Gasteiger charge is -2.17. The van der Waals surface area contributed by atoms with E-state index in [2.05, 4.69) is 4.72 Å². The summed E-state index contributed by atoms with van der Waals surface area (Å²) >= 11 is 0. The lowest BCUT2D eigenvalue weighted by Crippen LogP contribution is -2.43. The second-order valence-electron chi connectivity index (χ2n) is 4.28. The van der Waals surface area contributed by atoms with Gasteiger partial charge in [-0.1, -0.05) is 6.42 Å². The molecule has 6 heteroatoms. The molecule has 2 rings (SSSR count). The normalized spacial score (nSPS) is 25.1. The van der Waals surface area contributed by atoms with Crippen LogP contribution in [-0.2, 0) is 10.0 Å². The van der Waals surface area contributed by atoms with Crippen LogP contribution in [0.4, 0.5) is 4.39 Å². The van der Waals surface area contributed by atoms with E-state index in [1.165, 1.54) is 12.1 Å². The Kier molecular flexibility index (Phi) is 3.46. The van der Waals surface area contributed by atoms with Crippen LogP contribution in [0.15, 0.2) is 29.2 Å². The molecule has 0 spiro atoms. The van der Waals surface area contributed by atoms with Crippen LogP contribution in [0, 0.1) is 5.82 Å². The monoisotopic (exact) mass is 258 g/mol. The van der Waals surface area contributed by atoms with Crippen molar-refractivity contribution in [2.75, 3.05) is 0 Å². The first-order chi connectivity index (χ1) is 7.99. The fourth-order valence-electron chi connectivity index (χ4n) is 2.02. The van der Waals surface area contributed by atoms with Crippen molar-refractivity contribution < 1.29 is 12.8 Å². The number of nitrogens with one attached hydrogen (secondary N) is 1. The molecule has 0 heterocycles. The molecule has 0 aromatic heterocycles. The molecule has 0 radical (unpaired) electrons. The van der Waals surface area contributed by atoms with Gasteiger partial charge >= 0.3 is 0 Å². The zero-order chi connectivity index (χ0) is 12.5. The molecule has 1 saturated carbocycles. The Morgan fingerprint density at radius 3 is 2.41 bits per heavy atom. The number of hydrogen-bond acceptors (Lipinski definition) is 3. The Morgan fingerprint density at radius 2 is 1.88 bits per heavy atom. The number of sulfonamides is 1. The third kappa shape index (κ3) is 2.83. The lowest BCUT2D eigenvalue weighted by atomic mass is 10.2. The lowest BCUT2D eigenvalue weighted by molar-refractivity contribution is 0.522. The largest absolute Gasteiger partial charge is 0.326 e. The fraction of sp³-hybridized carbons (Fsp3) is 0.455. The maximum atomic E-state index is 12.7. The third-order valence-electron chi connectivity index (χ3n) is 3.00. The molecule has 3 N–H and O–H groups in total. The van der Waals surface area contributed by atoms with Gasteiger partial charge in [0, 0.05) is 12.1 Å². The zero-order valence-corrected chi connectivity index (χ0v) is 10.1. The SMILES string of the molecule is NC1CCCC1NS(=O)(=O)c1ccc(F)cc1. The van der Waals surface area contributed by atoms with E-state index >= 15 is 0 Å². The molecule has 0 amide bonds. The Hall–Kier alpha value is -0.980. The highest BCUT2D eigenvalue weighted by molar-refractivity contribution is 7.89. The summed E-state index contributed by atoms with van der Waals surface area (Å²) in [7, 11) is -3.59. The minimum absolute atomic E-state index is 0.0676. The molecule has 17 heavy (non-hydrogen) atoms. The Morgan fingerprint density at radius 1 is 1.24 bits per heavy atom. The second-order valence-corrected chi connectivity index (χ2v) is 5.99. The number of benzene rings is 1. The number of nitrogens with two attached hydrogens (primary N) is 1. The molecule has 2 unspecified atom stereocenters. The third-order valence-corrected chi connectivity index (χ3v) is 4.51. The average Bonchev–Trinajstić information content (AvgIpc) is 2.64. The van der Waals surface area contributed by atoms with Gasteiger partial charge in [0.2, 0.25) is 10.0 Å². The van der Waals surface area contributed by atoms with Crippen LogP contribution in [0.2, 0.25) is 0 Å². The van der Waals surface area contributed by atoms with Crippen molar-refractivity contribution in [1.29, 1.82) is 0 Å². The van der Waals surface area contributed by atoms with Crippen LogP contribution in [0.1, 0.15) is 19.3 Å². The summed E-state index contributed by atoms with van der Waals surface area (Å²) < 4.78 is 39.2. The van der Waals surface area contributed by atoms with E-state index in [4.69, 9.17) is 5.73 Å². The maximum absolute atomic E-state index is 12.7. The van der Waals surface area contributed by atoms with Crippen LogP contribution in [0.5, 0.6) is 0 Å². The van der Waals surface area contributed by atoms with E-state index in [9.17, 15) is 12.8 Å². The highest BCUT2D eigenvalue weighted by atomic mass is 32.2. The highest BCUT2D eigenvalue weighted by Gasteiger charge is 2.28. The van der Waals surface area contributed by atoms with Gasteiger partial charge in [0.1, 0.15) is 5.82 Å². The van der Waals surface area contributed by atoms with Crippen LogP contribution < -0.4 is 10.5 Å². The molecule has 1 fully saturated rings. The van der Waals surface area contributed by atoms with Crippen molar-refractivity contribution in [1.82, 2.24) is 4.72 Å². The van der Waals surface area contributed by atoms with Gasteiger partial charge < -0.3 is 5.73 Å². The molecule has 0 bridgehead atoms. The van der Waals surface area contributed by atoms with Crippen LogP contribution in [0.25, 0.3) is 0 Å². The van der Waals surface area contributed by atoms with E-state index in [-0.39, 0.29) is 17.0 Å². The molecule has 1 aromatic carbocycles. The quantitative estimate of drug-likeness (QED) is 0.849. The van der Waals surface area contributed by atoms with Crippen molar-refractivity contribution >= 4 is 10.0 Å². The molecular formula is C11H15FN2O2S. The first-order valence-electron chi connectivity index (χ1n) is 5.52. The van der Waals surface area contributed by atoms with Crippen molar-refractivity contribution in [2.45, 2.75) is 36.2 Å². The van der Waals surface area contributed by atoms with Crippen molar-refractivity contribution in [3.8, 4) is 0 Å². The Labute approximate surface area is 100 Å². The van der Waals surface area contributed by atoms with Gasteiger partial charge in [0.15, 0.2) is 0 Å². The zero-order valence-electron chi connectivity index (χ0n) is 9.27. The highest BCUT2D eigenvalue weighted by Crippen LogP contribution is 2.19. The summed E-state index contributed by atoms with van der Waals surface area (Å²) in [6.45, 7) is 0. The molecular weight excluding hydrogens is 243 g/mol. The van der Waals surface area contributed by atoms with Gasteiger partial charge in [0.25, 0.3) is 0 Å². The molecule has 1 aromatic rings. The summed E-state index contributed by atoms with van der Waals surface area (Å²) in [5.41, 5.74) is 5.80. The molecule has 4 nitrogen and oxygen atoms in total. The maximum Gasteiger partial charge on any atom is 0.240 e.